The molecular formula is C104H158N2O4S2. The van der Waals surface area contributed by atoms with Crippen LogP contribution in [0.3, 0.4) is 0 Å². The number of ether oxygens (including phenoxy) is 2. The highest BCUT2D eigenvalue weighted by molar-refractivity contribution is 7.99. The molecule has 0 spiro atoms. The standard InChI is InChI=1S/C104H158N2O4S2/c1-3-5-7-9-11-13-15-17-19-21-23-25-27-29-31-33-35-37-39-41-43-45-47-49-51-53-55-57-59-61-63-86-111-99-82-77-96(78-83-99)105-89-91-68-72-94(73-69-91)103(107)109-98-81-76-93-66-65-67-102(101(93)88-98)110-104(108)95-74-70-92(71-75-95)90-106-97-79-84-100(85-80-97)112-87-64-62-60-58-56-54-52-50-48-46-44-42-40-38-36-34-32-30-28-26-24-22-20-18-16-14-12-10-8-6-4-2/h65-85,88-90H,3-64,86-87H2,1-2H3. The molecule has 0 heterocycles. The molecule has 112 heavy (non-hydrogen) atoms. The van der Waals surface area contributed by atoms with Crippen molar-refractivity contribution in [2.75, 3.05) is 11.5 Å². The van der Waals surface area contributed by atoms with Crippen LogP contribution in [0.1, 0.15) is 444 Å². The lowest BCUT2D eigenvalue weighted by atomic mass is 10.0. The molecule has 8 heteroatoms. The van der Waals surface area contributed by atoms with Gasteiger partial charge in [-0.3, -0.25) is 9.98 Å². The molecule has 0 atom stereocenters. The topological polar surface area (TPSA) is 77.3 Å². The molecule has 6 aromatic rings. The van der Waals surface area contributed by atoms with Crippen LogP contribution >= 0.6 is 23.5 Å². The second-order valence-corrected chi connectivity index (χ2v) is 35.4. The van der Waals surface area contributed by atoms with Gasteiger partial charge in [-0.15, -0.1) is 23.5 Å². The Hall–Kier alpha value is -5.44. The van der Waals surface area contributed by atoms with E-state index in [1.54, 1.807) is 42.5 Å². The SMILES string of the molecule is CCCCCCCCCCCCCCCCCCCCCCCCCCCCCCCCCSc1ccc(N=Cc2ccc(C(=O)Oc3ccc4cccc(OC(=O)c5ccc(C=Nc6ccc(SCCCCCCCCCCCCCCCCCCCCCCCCCCCCCCCCC)cc6)cc5)c4c3)cc2)cc1. The zero-order valence-corrected chi connectivity index (χ0v) is 73.1. The summed E-state index contributed by atoms with van der Waals surface area (Å²) in [6.07, 6.45) is 92.5. The van der Waals surface area contributed by atoms with E-state index in [-0.39, 0.29) is 0 Å². The average molecular weight is 1560 g/mol. The maximum absolute atomic E-state index is 13.5. The van der Waals surface area contributed by atoms with Crippen LogP contribution in [0.25, 0.3) is 10.8 Å². The van der Waals surface area contributed by atoms with Crippen molar-refractivity contribution >= 4 is 70.0 Å². The number of hydrogen-bond donors (Lipinski definition) is 0. The van der Waals surface area contributed by atoms with Crippen LogP contribution in [0.2, 0.25) is 0 Å². The van der Waals surface area contributed by atoms with Gasteiger partial charge < -0.3 is 9.47 Å². The number of aliphatic imine (C=N–C) groups is 2. The van der Waals surface area contributed by atoms with E-state index in [2.05, 4.69) is 62.4 Å². The fourth-order valence-electron chi connectivity index (χ4n) is 15.6. The number of carbonyl (C=O) groups excluding carboxylic acids is 2. The van der Waals surface area contributed by atoms with Gasteiger partial charge in [-0.25, -0.2) is 9.59 Å². The maximum atomic E-state index is 13.5. The third kappa shape index (κ3) is 48.8. The van der Waals surface area contributed by atoms with Gasteiger partial charge in [0.1, 0.15) is 11.5 Å². The normalized spacial score (nSPS) is 11.7. The van der Waals surface area contributed by atoms with E-state index in [0.717, 1.165) is 39.4 Å². The first-order valence-corrected chi connectivity index (χ1v) is 49.2. The Kier molecular flexibility index (Phi) is 57.7. The predicted molar refractivity (Wildman–Crippen MR) is 493 cm³/mol. The Morgan fingerprint density at radius 1 is 0.277 bits per heavy atom. The minimum absolute atomic E-state index is 0.352. The molecule has 0 amide bonds. The molecule has 0 aliphatic heterocycles. The molecule has 620 valence electrons. The van der Waals surface area contributed by atoms with Crippen LogP contribution < -0.4 is 9.47 Å². The van der Waals surface area contributed by atoms with Crippen molar-refractivity contribution in [1.82, 2.24) is 0 Å². The Labute approximate surface area is 694 Å². The van der Waals surface area contributed by atoms with E-state index in [9.17, 15) is 9.59 Å². The molecule has 0 aliphatic carbocycles. The van der Waals surface area contributed by atoms with Crippen molar-refractivity contribution in [2.45, 2.75) is 422 Å². The van der Waals surface area contributed by atoms with Crippen molar-refractivity contribution in [3.8, 4) is 11.5 Å². The Balaban J connectivity index is 0.709. The second kappa shape index (κ2) is 67.7. The van der Waals surface area contributed by atoms with Crippen molar-refractivity contribution in [3.05, 3.63) is 156 Å². The summed E-state index contributed by atoms with van der Waals surface area (Å²) in [5.41, 5.74) is 4.38. The highest BCUT2D eigenvalue weighted by Crippen LogP contribution is 2.32. The highest BCUT2D eigenvalue weighted by atomic mass is 32.2. The minimum Gasteiger partial charge on any atom is -0.423 e. The highest BCUT2D eigenvalue weighted by Gasteiger charge is 2.15. The van der Waals surface area contributed by atoms with Gasteiger partial charge in [0.05, 0.1) is 22.5 Å². The van der Waals surface area contributed by atoms with Gasteiger partial charge in [0.15, 0.2) is 0 Å². The number of rotatable bonds is 74. The quantitative estimate of drug-likeness (QED) is 0.0124. The zero-order chi connectivity index (χ0) is 78.6. The van der Waals surface area contributed by atoms with Gasteiger partial charge in [-0.05, 0) is 132 Å². The van der Waals surface area contributed by atoms with Crippen LogP contribution in [0.5, 0.6) is 11.5 Å². The third-order valence-corrected chi connectivity index (χ3v) is 25.1. The number of benzene rings is 6. The van der Waals surface area contributed by atoms with Gasteiger partial charge in [-0.2, -0.15) is 0 Å². The van der Waals surface area contributed by atoms with E-state index in [1.807, 2.05) is 78.4 Å². The summed E-state index contributed by atoms with van der Waals surface area (Å²) >= 11 is 3.87. The monoisotopic (exact) mass is 1560 g/mol. The second-order valence-electron chi connectivity index (χ2n) is 33.1. The average Bonchev–Trinajstić information content (AvgIpc) is 0.804. The van der Waals surface area contributed by atoms with Gasteiger partial charge in [0.2, 0.25) is 0 Å². The van der Waals surface area contributed by atoms with Crippen LogP contribution in [0.15, 0.2) is 153 Å². The van der Waals surface area contributed by atoms with Crippen molar-refractivity contribution in [1.29, 1.82) is 0 Å². The van der Waals surface area contributed by atoms with E-state index in [0.29, 0.717) is 28.0 Å². The first-order valence-electron chi connectivity index (χ1n) is 47.2. The number of fused-ring (bicyclic) bond motifs is 1. The summed E-state index contributed by atoms with van der Waals surface area (Å²) < 4.78 is 11.8. The van der Waals surface area contributed by atoms with Crippen LogP contribution in [0, 0.1) is 0 Å². The molecule has 6 rings (SSSR count). The molecule has 0 unspecified atom stereocenters. The first-order chi connectivity index (χ1) is 55.5. The molecule has 0 bridgehead atoms. The molecule has 0 N–H and O–H groups in total. The smallest absolute Gasteiger partial charge is 0.343 e. The fourth-order valence-corrected chi connectivity index (χ4v) is 17.5. The van der Waals surface area contributed by atoms with Gasteiger partial charge in [0, 0.05) is 27.6 Å². The molecule has 0 saturated carbocycles. The van der Waals surface area contributed by atoms with Crippen molar-refractivity contribution in [2.24, 2.45) is 9.98 Å². The molecule has 0 radical (unpaired) electrons. The molecule has 0 aromatic heterocycles. The number of esters is 2. The van der Waals surface area contributed by atoms with Crippen LogP contribution in [-0.4, -0.2) is 35.9 Å². The minimum atomic E-state index is -0.482. The lowest BCUT2D eigenvalue weighted by molar-refractivity contribution is 0.0724. The lowest BCUT2D eigenvalue weighted by Gasteiger charge is -2.10. The summed E-state index contributed by atoms with van der Waals surface area (Å²) in [5, 5.41) is 1.51. The number of carbonyl (C=O) groups is 2. The van der Waals surface area contributed by atoms with Crippen LogP contribution in [-0.2, 0) is 0 Å². The number of hydrogen-bond acceptors (Lipinski definition) is 8. The summed E-state index contributed by atoms with van der Waals surface area (Å²) in [6, 6.07) is 42.3. The molecule has 0 aliphatic rings. The summed E-state index contributed by atoms with van der Waals surface area (Å²) in [6.45, 7) is 4.61. The summed E-state index contributed by atoms with van der Waals surface area (Å²) in [5.74, 6) is 2.07. The number of nitrogens with zero attached hydrogens (tertiary/aromatic N) is 2. The summed E-state index contributed by atoms with van der Waals surface area (Å²) in [7, 11) is 0. The van der Waals surface area contributed by atoms with E-state index in [4.69, 9.17) is 19.5 Å². The van der Waals surface area contributed by atoms with E-state index < -0.39 is 11.9 Å². The lowest BCUT2D eigenvalue weighted by Crippen LogP contribution is -2.09. The Bertz CT molecular complexity index is 3270. The first kappa shape index (κ1) is 95.4. The third-order valence-electron chi connectivity index (χ3n) is 23.0. The molecule has 0 fully saturated rings. The number of thioether (sulfide) groups is 2. The molecule has 6 aromatic carbocycles. The largest absolute Gasteiger partial charge is 0.423 e. The van der Waals surface area contributed by atoms with Crippen molar-refractivity contribution in [3.63, 3.8) is 0 Å². The van der Waals surface area contributed by atoms with Gasteiger partial charge in [-0.1, -0.05) is 442 Å². The van der Waals surface area contributed by atoms with Gasteiger partial charge in [0.25, 0.3) is 0 Å². The van der Waals surface area contributed by atoms with Crippen LogP contribution in [0.4, 0.5) is 11.4 Å². The van der Waals surface area contributed by atoms with Gasteiger partial charge >= 0.3 is 11.9 Å². The number of unbranched alkanes of at least 4 members (excludes halogenated alkanes) is 60. The molecule has 0 saturated heterocycles. The molecular weight excluding hydrogens is 1410 g/mol. The maximum Gasteiger partial charge on any atom is 0.343 e. The Morgan fingerprint density at radius 3 is 0.812 bits per heavy atom. The van der Waals surface area contributed by atoms with E-state index in [1.165, 1.54) is 408 Å². The summed E-state index contributed by atoms with van der Waals surface area (Å²) in [4.78, 5) is 38.9. The van der Waals surface area contributed by atoms with Crippen molar-refractivity contribution < 1.29 is 19.1 Å². The fraction of sp³-hybridized carbons (Fsp3) is 0.635. The van der Waals surface area contributed by atoms with E-state index >= 15 is 0 Å². The predicted octanol–water partition coefficient (Wildman–Crippen LogP) is 35.2. The zero-order valence-electron chi connectivity index (χ0n) is 71.5. The molecule has 6 nitrogen and oxygen atoms in total. The Morgan fingerprint density at radius 2 is 0.536 bits per heavy atom.